The number of rotatable bonds is 8. The maximum atomic E-state index is 13.1. The van der Waals surface area contributed by atoms with Crippen LogP contribution in [0.3, 0.4) is 0 Å². The van der Waals surface area contributed by atoms with Gasteiger partial charge in [0.25, 0.3) is 0 Å². The van der Waals surface area contributed by atoms with Crippen LogP contribution in [0.25, 0.3) is 0 Å². The van der Waals surface area contributed by atoms with Crippen LogP contribution in [0.5, 0.6) is 5.75 Å². The van der Waals surface area contributed by atoms with Crippen LogP contribution in [0.15, 0.2) is 72.8 Å². The van der Waals surface area contributed by atoms with E-state index in [-0.39, 0.29) is 12.4 Å². The van der Waals surface area contributed by atoms with Gasteiger partial charge in [0.05, 0.1) is 11.1 Å². The first kappa shape index (κ1) is 19.4. The number of hydrogen-bond donors (Lipinski definition) is 2. The molecular weight excluding hydrogens is 365 g/mol. The van der Waals surface area contributed by atoms with Gasteiger partial charge in [-0.1, -0.05) is 66.2 Å². The van der Waals surface area contributed by atoms with Crippen LogP contribution in [-0.2, 0) is 13.2 Å². The van der Waals surface area contributed by atoms with Gasteiger partial charge in [-0.3, -0.25) is 0 Å². The Hall–Kier alpha value is -2.40. The Morgan fingerprint density at radius 1 is 0.963 bits per heavy atom. The molecule has 0 saturated heterocycles. The smallest absolute Gasteiger partial charge is 0.124 e. The molecule has 0 fully saturated rings. The summed E-state index contributed by atoms with van der Waals surface area (Å²) in [5.41, 5.74) is 2.57. The molecule has 0 unspecified atom stereocenters. The SMILES string of the molecule is O[C@H](CNCc1ccccc1OCc1ccc(F)cc1Cl)c1ccccc1. The van der Waals surface area contributed by atoms with Crippen LogP contribution >= 0.6 is 11.6 Å². The number of nitrogens with one attached hydrogen (secondary N) is 1. The fourth-order valence-corrected chi connectivity index (χ4v) is 2.94. The lowest BCUT2D eigenvalue weighted by atomic mass is 10.1. The van der Waals surface area contributed by atoms with Gasteiger partial charge in [-0.2, -0.15) is 0 Å². The predicted octanol–water partition coefficient (Wildman–Crippen LogP) is 4.88. The summed E-state index contributed by atoms with van der Waals surface area (Å²) in [5.74, 6) is 0.352. The second-order valence-electron chi connectivity index (χ2n) is 6.19. The zero-order chi connectivity index (χ0) is 19.1. The zero-order valence-electron chi connectivity index (χ0n) is 14.7. The van der Waals surface area contributed by atoms with Crippen LogP contribution < -0.4 is 10.1 Å². The summed E-state index contributed by atoms with van der Waals surface area (Å²) in [6.07, 6.45) is -0.572. The Labute approximate surface area is 163 Å². The lowest BCUT2D eigenvalue weighted by Gasteiger charge is -2.15. The Balaban J connectivity index is 1.57. The molecule has 27 heavy (non-hydrogen) atoms. The molecule has 0 aliphatic heterocycles. The highest BCUT2D eigenvalue weighted by molar-refractivity contribution is 6.31. The van der Waals surface area contributed by atoms with E-state index in [1.807, 2.05) is 54.6 Å². The van der Waals surface area contributed by atoms with E-state index in [9.17, 15) is 9.50 Å². The second kappa shape index (κ2) is 9.51. The lowest BCUT2D eigenvalue weighted by molar-refractivity contribution is 0.174. The van der Waals surface area contributed by atoms with Crippen molar-refractivity contribution in [3.8, 4) is 5.75 Å². The van der Waals surface area contributed by atoms with Gasteiger partial charge in [0.15, 0.2) is 0 Å². The summed E-state index contributed by atoms with van der Waals surface area (Å²) < 4.78 is 19.0. The molecule has 3 nitrogen and oxygen atoms in total. The van der Waals surface area contributed by atoms with Gasteiger partial charge in [-0.05, 0) is 23.8 Å². The molecular formula is C22H21ClFNO2. The van der Waals surface area contributed by atoms with Gasteiger partial charge >= 0.3 is 0 Å². The monoisotopic (exact) mass is 385 g/mol. The molecule has 0 aliphatic rings. The highest BCUT2D eigenvalue weighted by atomic mass is 35.5. The van der Waals surface area contributed by atoms with Crippen molar-refractivity contribution in [2.24, 2.45) is 0 Å². The molecule has 5 heteroatoms. The Bertz CT molecular complexity index is 873. The highest BCUT2D eigenvalue weighted by Crippen LogP contribution is 2.23. The quantitative estimate of drug-likeness (QED) is 0.580. The summed E-state index contributed by atoms with van der Waals surface area (Å²) >= 11 is 6.05. The van der Waals surface area contributed by atoms with Gasteiger partial charge in [0.1, 0.15) is 18.2 Å². The summed E-state index contributed by atoms with van der Waals surface area (Å²) in [5, 5.41) is 13.8. The van der Waals surface area contributed by atoms with E-state index >= 15 is 0 Å². The molecule has 0 spiro atoms. The topological polar surface area (TPSA) is 41.5 Å². The van der Waals surface area contributed by atoms with E-state index in [2.05, 4.69) is 5.32 Å². The number of hydrogen-bond acceptors (Lipinski definition) is 3. The van der Waals surface area contributed by atoms with Gasteiger partial charge < -0.3 is 15.2 Å². The number of aliphatic hydroxyl groups is 1. The molecule has 2 N–H and O–H groups in total. The normalized spacial score (nSPS) is 12.0. The van der Waals surface area contributed by atoms with Crippen LogP contribution in [0.2, 0.25) is 5.02 Å². The molecule has 0 amide bonds. The van der Waals surface area contributed by atoms with Crippen molar-refractivity contribution in [2.45, 2.75) is 19.3 Å². The average Bonchev–Trinajstić information content (AvgIpc) is 2.69. The van der Waals surface area contributed by atoms with E-state index < -0.39 is 6.10 Å². The third-order valence-corrected chi connectivity index (χ3v) is 4.56. The molecule has 0 heterocycles. The third kappa shape index (κ3) is 5.54. The third-order valence-electron chi connectivity index (χ3n) is 4.21. The van der Waals surface area contributed by atoms with Crippen molar-refractivity contribution in [2.75, 3.05) is 6.54 Å². The van der Waals surface area contributed by atoms with Crippen LogP contribution in [0.4, 0.5) is 4.39 Å². The Kier molecular flexibility index (Phi) is 6.82. The molecule has 0 aliphatic carbocycles. The lowest BCUT2D eigenvalue weighted by Crippen LogP contribution is -2.21. The minimum atomic E-state index is -0.572. The van der Waals surface area contributed by atoms with Gasteiger partial charge in [-0.15, -0.1) is 0 Å². The molecule has 3 aromatic rings. The molecule has 1 atom stereocenters. The van der Waals surface area contributed by atoms with Crippen molar-refractivity contribution >= 4 is 11.6 Å². The first-order chi connectivity index (χ1) is 13.1. The Morgan fingerprint density at radius 3 is 2.48 bits per heavy atom. The predicted molar refractivity (Wildman–Crippen MR) is 105 cm³/mol. The second-order valence-corrected chi connectivity index (χ2v) is 6.60. The average molecular weight is 386 g/mol. The number of aliphatic hydroxyl groups excluding tert-OH is 1. The van der Waals surface area contributed by atoms with Gasteiger partial charge in [0, 0.05) is 24.2 Å². The molecule has 0 saturated carbocycles. The fraction of sp³-hybridized carbons (Fsp3) is 0.182. The first-order valence-corrected chi connectivity index (χ1v) is 9.09. The van der Waals surface area contributed by atoms with Crippen molar-refractivity contribution in [1.82, 2.24) is 5.32 Å². The highest BCUT2D eigenvalue weighted by Gasteiger charge is 2.09. The molecule has 3 aromatic carbocycles. The molecule has 0 bridgehead atoms. The van der Waals surface area contributed by atoms with Crippen molar-refractivity contribution in [1.29, 1.82) is 0 Å². The number of benzene rings is 3. The van der Waals surface area contributed by atoms with E-state index in [4.69, 9.17) is 16.3 Å². The van der Waals surface area contributed by atoms with E-state index in [1.165, 1.54) is 12.1 Å². The maximum absolute atomic E-state index is 13.1. The molecule has 0 radical (unpaired) electrons. The number of para-hydroxylation sites is 1. The van der Waals surface area contributed by atoms with Crippen molar-refractivity contribution in [3.05, 3.63) is 100 Å². The van der Waals surface area contributed by atoms with Crippen LogP contribution in [-0.4, -0.2) is 11.7 Å². The maximum Gasteiger partial charge on any atom is 0.124 e. The largest absolute Gasteiger partial charge is 0.489 e. The minimum absolute atomic E-state index is 0.253. The first-order valence-electron chi connectivity index (χ1n) is 8.72. The summed E-state index contributed by atoms with van der Waals surface area (Å²) in [6.45, 7) is 1.24. The summed E-state index contributed by atoms with van der Waals surface area (Å²) in [6, 6.07) is 21.5. The Morgan fingerprint density at radius 2 is 1.70 bits per heavy atom. The van der Waals surface area contributed by atoms with Crippen LogP contribution in [0, 0.1) is 5.82 Å². The van der Waals surface area contributed by atoms with Gasteiger partial charge in [-0.25, -0.2) is 4.39 Å². The van der Waals surface area contributed by atoms with Crippen molar-refractivity contribution in [3.63, 3.8) is 0 Å². The fourth-order valence-electron chi connectivity index (χ4n) is 2.72. The van der Waals surface area contributed by atoms with Crippen LogP contribution in [0.1, 0.15) is 22.8 Å². The zero-order valence-corrected chi connectivity index (χ0v) is 15.5. The number of halogens is 2. The summed E-state index contributed by atoms with van der Waals surface area (Å²) in [4.78, 5) is 0. The molecule has 0 aromatic heterocycles. The summed E-state index contributed by atoms with van der Waals surface area (Å²) in [7, 11) is 0. The molecule has 140 valence electrons. The van der Waals surface area contributed by atoms with Crippen molar-refractivity contribution < 1.29 is 14.2 Å². The minimum Gasteiger partial charge on any atom is -0.489 e. The van der Waals surface area contributed by atoms with E-state index in [0.717, 1.165) is 22.4 Å². The standard InChI is InChI=1S/C22H21ClFNO2/c23-20-12-19(24)11-10-18(20)15-27-22-9-5-4-8-17(22)13-25-14-21(26)16-6-2-1-3-7-16/h1-12,21,25-26H,13-15H2/t21-/m1/s1. The number of ether oxygens (including phenoxy) is 1. The van der Waals surface area contributed by atoms with Gasteiger partial charge in [0.2, 0.25) is 0 Å². The van der Waals surface area contributed by atoms with E-state index in [0.29, 0.717) is 18.1 Å². The molecule has 3 rings (SSSR count). The van der Waals surface area contributed by atoms with E-state index in [1.54, 1.807) is 6.07 Å².